The second-order valence-corrected chi connectivity index (χ2v) is 6.23. The van der Waals surface area contributed by atoms with Gasteiger partial charge in [-0.2, -0.15) is 0 Å². The van der Waals surface area contributed by atoms with Crippen molar-refractivity contribution >= 4 is 35.6 Å². The molecule has 2 aliphatic rings. The van der Waals surface area contributed by atoms with E-state index in [2.05, 4.69) is 15.6 Å². The maximum Gasteiger partial charge on any atom is 0.191 e. The topological polar surface area (TPSA) is 48.9 Å². The molecule has 2 fully saturated rings. The molecule has 2 heterocycles. The minimum absolute atomic E-state index is 0. The van der Waals surface area contributed by atoms with Crippen molar-refractivity contribution in [3.63, 3.8) is 0 Å². The second-order valence-electron chi connectivity index (χ2n) is 6.23. The van der Waals surface area contributed by atoms with Crippen LogP contribution in [0.2, 0.25) is 0 Å². The molecule has 2 saturated heterocycles. The van der Waals surface area contributed by atoms with Crippen LogP contribution in [0.1, 0.15) is 19.3 Å². The van der Waals surface area contributed by atoms with Crippen LogP contribution in [-0.2, 0) is 4.74 Å². The first kappa shape index (κ1) is 20.2. The molecule has 3 rings (SSSR count). The van der Waals surface area contributed by atoms with E-state index < -0.39 is 11.6 Å². The highest BCUT2D eigenvalue weighted by molar-refractivity contribution is 14.0. The van der Waals surface area contributed by atoms with Gasteiger partial charge in [-0.25, -0.2) is 8.78 Å². The number of rotatable bonds is 4. The summed E-state index contributed by atoms with van der Waals surface area (Å²) in [6.07, 6.45) is 3.20. The zero-order chi connectivity index (χ0) is 16.9. The zero-order valence-electron chi connectivity index (χ0n) is 14.3. The summed E-state index contributed by atoms with van der Waals surface area (Å²) in [6, 6.07) is 4.07. The molecule has 2 aliphatic heterocycles. The number of guanidine groups is 1. The Hall–Kier alpha value is -1.16. The number of halogens is 3. The molecule has 0 amide bonds. The molecule has 0 radical (unpaired) electrons. The molecular formula is C17H25F2IN4O. The molecule has 0 aliphatic carbocycles. The molecule has 0 aromatic heterocycles. The summed E-state index contributed by atoms with van der Waals surface area (Å²) >= 11 is 0. The average Bonchev–Trinajstić information content (AvgIpc) is 3.23. The zero-order valence-corrected chi connectivity index (χ0v) is 16.6. The standard InChI is InChI=1S/C17H24F2N4O.HI/c1-20-17(21-10-13-4-3-9-24-13)22-12-7-8-23(11-12)16-14(18)5-2-6-15(16)19;/h2,5-6,12-13H,3-4,7-11H2,1H3,(H2,20,21,22);1H. The van der Waals surface area contributed by atoms with Crippen molar-refractivity contribution in [2.75, 3.05) is 38.2 Å². The van der Waals surface area contributed by atoms with Crippen molar-refractivity contribution in [2.45, 2.75) is 31.4 Å². The summed E-state index contributed by atoms with van der Waals surface area (Å²) in [5, 5.41) is 6.59. The van der Waals surface area contributed by atoms with E-state index in [9.17, 15) is 8.78 Å². The van der Waals surface area contributed by atoms with Crippen molar-refractivity contribution in [3.8, 4) is 0 Å². The Morgan fingerprint density at radius 2 is 2.08 bits per heavy atom. The van der Waals surface area contributed by atoms with Crippen LogP contribution in [0.25, 0.3) is 0 Å². The number of hydrogen-bond donors (Lipinski definition) is 2. The van der Waals surface area contributed by atoms with Gasteiger partial charge in [0.05, 0.1) is 6.10 Å². The van der Waals surface area contributed by atoms with Gasteiger partial charge in [-0.1, -0.05) is 6.07 Å². The predicted molar refractivity (Wildman–Crippen MR) is 106 cm³/mol. The molecule has 1 aromatic rings. The molecule has 140 valence electrons. The van der Waals surface area contributed by atoms with Crippen molar-refractivity contribution in [2.24, 2.45) is 4.99 Å². The number of nitrogens with zero attached hydrogens (tertiary/aromatic N) is 2. The van der Waals surface area contributed by atoms with E-state index in [-0.39, 0.29) is 41.8 Å². The Morgan fingerprint density at radius 1 is 1.32 bits per heavy atom. The van der Waals surface area contributed by atoms with Crippen LogP contribution in [0.3, 0.4) is 0 Å². The Kier molecular flexibility index (Phi) is 7.67. The highest BCUT2D eigenvalue weighted by Gasteiger charge is 2.27. The molecule has 2 N–H and O–H groups in total. The first-order valence-corrected chi connectivity index (χ1v) is 8.45. The molecule has 0 saturated carbocycles. The summed E-state index contributed by atoms with van der Waals surface area (Å²) in [5.41, 5.74) is 0.0594. The second kappa shape index (κ2) is 9.51. The lowest BCUT2D eigenvalue weighted by molar-refractivity contribution is 0.113. The summed E-state index contributed by atoms with van der Waals surface area (Å²) in [7, 11) is 1.72. The molecule has 0 bridgehead atoms. The van der Waals surface area contributed by atoms with Gasteiger partial charge in [0.2, 0.25) is 0 Å². The summed E-state index contributed by atoms with van der Waals surface area (Å²) in [5.74, 6) is -0.334. The Labute approximate surface area is 164 Å². The fourth-order valence-electron chi connectivity index (χ4n) is 3.28. The Balaban J connectivity index is 0.00000225. The molecule has 5 nitrogen and oxygen atoms in total. The van der Waals surface area contributed by atoms with E-state index in [0.29, 0.717) is 19.0 Å². The maximum absolute atomic E-state index is 13.9. The third-order valence-electron chi connectivity index (χ3n) is 4.53. The fraction of sp³-hybridized carbons (Fsp3) is 0.588. The van der Waals surface area contributed by atoms with Crippen LogP contribution >= 0.6 is 24.0 Å². The molecule has 1 aromatic carbocycles. The van der Waals surface area contributed by atoms with Crippen LogP contribution in [0, 0.1) is 11.6 Å². The average molecular weight is 466 g/mol. The lowest BCUT2D eigenvalue weighted by Crippen LogP contribution is -2.46. The van der Waals surface area contributed by atoms with Gasteiger partial charge in [0.1, 0.15) is 17.3 Å². The van der Waals surface area contributed by atoms with Crippen LogP contribution in [0.4, 0.5) is 14.5 Å². The quantitative estimate of drug-likeness (QED) is 0.407. The van der Waals surface area contributed by atoms with Crippen LogP contribution < -0.4 is 15.5 Å². The molecule has 2 atom stereocenters. The van der Waals surface area contributed by atoms with E-state index in [1.165, 1.54) is 18.2 Å². The lowest BCUT2D eigenvalue weighted by atomic mass is 10.2. The van der Waals surface area contributed by atoms with Gasteiger partial charge in [-0.05, 0) is 31.4 Å². The summed E-state index contributed by atoms with van der Waals surface area (Å²) in [6.45, 7) is 2.69. The normalized spacial score (nSPS) is 23.5. The van der Waals surface area contributed by atoms with Crippen molar-refractivity contribution in [1.29, 1.82) is 0 Å². The Bertz CT molecular complexity index is 576. The van der Waals surface area contributed by atoms with Crippen molar-refractivity contribution < 1.29 is 13.5 Å². The van der Waals surface area contributed by atoms with Crippen molar-refractivity contribution in [1.82, 2.24) is 10.6 Å². The molecule has 8 heteroatoms. The molecule has 0 spiro atoms. The van der Waals surface area contributed by atoms with Gasteiger partial charge < -0.3 is 20.3 Å². The fourth-order valence-corrected chi connectivity index (χ4v) is 3.28. The minimum atomic E-state index is -0.517. The number of benzene rings is 1. The Morgan fingerprint density at radius 3 is 2.72 bits per heavy atom. The van der Waals surface area contributed by atoms with E-state index in [4.69, 9.17) is 4.74 Å². The van der Waals surface area contributed by atoms with Crippen LogP contribution in [0.5, 0.6) is 0 Å². The van der Waals surface area contributed by atoms with Gasteiger partial charge in [-0.15, -0.1) is 24.0 Å². The van der Waals surface area contributed by atoms with E-state index >= 15 is 0 Å². The number of nitrogens with one attached hydrogen (secondary N) is 2. The number of ether oxygens (including phenoxy) is 1. The number of aliphatic imine (C=N–C) groups is 1. The highest BCUT2D eigenvalue weighted by atomic mass is 127. The van der Waals surface area contributed by atoms with Gasteiger partial charge in [0, 0.05) is 39.3 Å². The third-order valence-corrected chi connectivity index (χ3v) is 4.53. The first-order chi connectivity index (χ1) is 11.7. The van der Waals surface area contributed by atoms with Gasteiger partial charge in [0.25, 0.3) is 0 Å². The minimum Gasteiger partial charge on any atom is -0.376 e. The van der Waals surface area contributed by atoms with E-state index in [1.54, 1.807) is 11.9 Å². The number of anilines is 1. The SMILES string of the molecule is CN=C(NCC1CCCO1)NC1CCN(c2c(F)cccc2F)C1.I. The number of hydrogen-bond acceptors (Lipinski definition) is 3. The van der Waals surface area contributed by atoms with Gasteiger partial charge in [-0.3, -0.25) is 4.99 Å². The molecule has 25 heavy (non-hydrogen) atoms. The summed E-state index contributed by atoms with van der Waals surface area (Å²) < 4.78 is 33.4. The maximum atomic E-state index is 13.9. The molecular weight excluding hydrogens is 441 g/mol. The van der Waals surface area contributed by atoms with E-state index in [0.717, 1.165) is 32.4 Å². The largest absolute Gasteiger partial charge is 0.376 e. The summed E-state index contributed by atoms with van der Waals surface area (Å²) in [4.78, 5) is 5.96. The van der Waals surface area contributed by atoms with Crippen LogP contribution in [0.15, 0.2) is 23.2 Å². The predicted octanol–water partition coefficient (Wildman–Crippen LogP) is 2.51. The van der Waals surface area contributed by atoms with Crippen molar-refractivity contribution in [3.05, 3.63) is 29.8 Å². The molecule has 2 unspecified atom stereocenters. The smallest absolute Gasteiger partial charge is 0.191 e. The van der Waals surface area contributed by atoms with Gasteiger partial charge in [0.15, 0.2) is 5.96 Å². The van der Waals surface area contributed by atoms with E-state index in [1.807, 2.05) is 0 Å². The van der Waals surface area contributed by atoms with Crippen LogP contribution in [-0.4, -0.2) is 51.4 Å². The number of para-hydroxylation sites is 1. The monoisotopic (exact) mass is 466 g/mol. The van der Waals surface area contributed by atoms with Gasteiger partial charge >= 0.3 is 0 Å². The lowest BCUT2D eigenvalue weighted by Gasteiger charge is -2.21. The third kappa shape index (κ3) is 5.16. The first-order valence-electron chi connectivity index (χ1n) is 8.45. The highest BCUT2D eigenvalue weighted by Crippen LogP contribution is 2.26.